The van der Waals surface area contributed by atoms with Crippen LogP contribution in [0, 0.1) is 10.1 Å². The van der Waals surface area contributed by atoms with Gasteiger partial charge >= 0.3 is 5.97 Å². The van der Waals surface area contributed by atoms with E-state index >= 15 is 0 Å². The van der Waals surface area contributed by atoms with Crippen LogP contribution >= 0.6 is 0 Å². The Balaban J connectivity index is 2.87. The Morgan fingerprint density at radius 3 is 2.70 bits per heavy atom. The second kappa shape index (κ2) is 7.39. The van der Waals surface area contributed by atoms with E-state index in [4.69, 9.17) is 10.2 Å². The fourth-order valence-electron chi connectivity index (χ4n) is 1.75. The molecule has 0 saturated carbocycles. The predicted molar refractivity (Wildman–Crippen MR) is 72.1 cm³/mol. The van der Waals surface area contributed by atoms with E-state index in [1.165, 1.54) is 0 Å². The number of anilines is 1. The highest BCUT2D eigenvalue weighted by Crippen LogP contribution is 2.22. The van der Waals surface area contributed by atoms with Gasteiger partial charge in [-0.1, -0.05) is 0 Å². The minimum absolute atomic E-state index is 0.125. The predicted octanol–water partition coefficient (Wildman–Crippen LogP) is 1.29. The molecular formula is C12H17N3O5. The molecule has 8 nitrogen and oxygen atoms in total. The zero-order chi connectivity index (χ0) is 15.1. The van der Waals surface area contributed by atoms with E-state index in [1.54, 1.807) is 11.9 Å². The van der Waals surface area contributed by atoms with Gasteiger partial charge in [-0.05, 0) is 19.3 Å². The second-order valence-electron chi connectivity index (χ2n) is 4.33. The van der Waals surface area contributed by atoms with Crippen molar-refractivity contribution in [3.8, 4) is 0 Å². The molecular weight excluding hydrogens is 266 g/mol. The molecule has 0 aliphatic carbocycles. The average Bonchev–Trinajstić information content (AvgIpc) is 2.42. The highest BCUT2D eigenvalue weighted by Gasteiger charge is 2.19. The van der Waals surface area contributed by atoms with Crippen LogP contribution in [0.3, 0.4) is 0 Å². The average molecular weight is 283 g/mol. The van der Waals surface area contributed by atoms with Gasteiger partial charge in [0.05, 0.1) is 4.92 Å². The number of pyridine rings is 1. The van der Waals surface area contributed by atoms with E-state index in [0.717, 1.165) is 25.1 Å². The fraction of sp³-hybridized carbons (Fsp3) is 0.500. The van der Waals surface area contributed by atoms with Crippen molar-refractivity contribution in [2.45, 2.75) is 19.3 Å². The van der Waals surface area contributed by atoms with Crippen molar-refractivity contribution in [1.82, 2.24) is 4.98 Å². The molecule has 2 N–H and O–H groups in total. The van der Waals surface area contributed by atoms with Gasteiger partial charge in [0, 0.05) is 26.3 Å². The molecule has 20 heavy (non-hydrogen) atoms. The van der Waals surface area contributed by atoms with Crippen LogP contribution in [0.4, 0.5) is 11.5 Å². The summed E-state index contributed by atoms with van der Waals surface area (Å²) in [6.07, 6.45) is 3.32. The van der Waals surface area contributed by atoms with Crippen molar-refractivity contribution in [2.24, 2.45) is 0 Å². The Kier molecular flexibility index (Phi) is 5.85. The standard InChI is InChI=1S/C12H17N3O5/c1-14(5-3-2-4-6-16)11-10(12(17)18)7-9(8-13-11)15(19)20/h7-8,16H,2-6H2,1H3,(H,17,18). The first-order valence-electron chi connectivity index (χ1n) is 6.17. The highest BCUT2D eigenvalue weighted by atomic mass is 16.6. The molecule has 0 atom stereocenters. The smallest absolute Gasteiger partial charge is 0.339 e. The topological polar surface area (TPSA) is 117 Å². The minimum Gasteiger partial charge on any atom is -0.478 e. The molecule has 1 rings (SSSR count). The number of carboxylic acid groups (broad SMARTS) is 1. The molecule has 1 aromatic heterocycles. The van der Waals surface area contributed by atoms with Crippen LogP contribution in [0.2, 0.25) is 0 Å². The SMILES string of the molecule is CN(CCCCCO)c1ncc([N+](=O)[O-])cc1C(=O)O. The van der Waals surface area contributed by atoms with Gasteiger partial charge in [-0.3, -0.25) is 10.1 Å². The van der Waals surface area contributed by atoms with Gasteiger partial charge in [0.2, 0.25) is 0 Å². The van der Waals surface area contributed by atoms with Crippen LogP contribution in [0.25, 0.3) is 0 Å². The van der Waals surface area contributed by atoms with Gasteiger partial charge in [0.25, 0.3) is 5.69 Å². The van der Waals surface area contributed by atoms with Crippen molar-refractivity contribution < 1.29 is 19.9 Å². The lowest BCUT2D eigenvalue weighted by molar-refractivity contribution is -0.385. The van der Waals surface area contributed by atoms with Gasteiger partial charge in [-0.15, -0.1) is 0 Å². The van der Waals surface area contributed by atoms with Crippen LogP contribution in [0.15, 0.2) is 12.3 Å². The number of aromatic carboxylic acids is 1. The van der Waals surface area contributed by atoms with Crippen molar-refractivity contribution >= 4 is 17.5 Å². The number of aliphatic hydroxyl groups excluding tert-OH is 1. The summed E-state index contributed by atoms with van der Waals surface area (Å²) in [5.74, 6) is -1.05. The summed E-state index contributed by atoms with van der Waals surface area (Å²) < 4.78 is 0. The van der Waals surface area contributed by atoms with E-state index in [0.29, 0.717) is 13.0 Å². The van der Waals surface area contributed by atoms with Gasteiger partial charge in [-0.2, -0.15) is 0 Å². The first-order valence-corrected chi connectivity index (χ1v) is 6.17. The number of nitro groups is 1. The number of unbranched alkanes of at least 4 members (excludes halogenated alkanes) is 2. The van der Waals surface area contributed by atoms with Crippen molar-refractivity contribution in [2.75, 3.05) is 25.1 Å². The Morgan fingerprint density at radius 2 is 2.15 bits per heavy atom. The quantitative estimate of drug-likeness (QED) is 0.419. The summed E-state index contributed by atoms with van der Waals surface area (Å²) in [6.45, 7) is 0.685. The van der Waals surface area contributed by atoms with Crippen LogP contribution in [0.1, 0.15) is 29.6 Å². The molecule has 0 aliphatic rings. The molecule has 0 spiro atoms. The van der Waals surface area contributed by atoms with Gasteiger partial charge in [-0.25, -0.2) is 9.78 Å². The van der Waals surface area contributed by atoms with Crippen molar-refractivity contribution in [3.05, 3.63) is 27.9 Å². The molecule has 1 aromatic rings. The molecule has 0 bridgehead atoms. The molecule has 0 aromatic carbocycles. The lowest BCUT2D eigenvalue weighted by Crippen LogP contribution is -2.22. The number of rotatable bonds is 8. The molecule has 0 aliphatic heterocycles. The molecule has 110 valence electrons. The lowest BCUT2D eigenvalue weighted by atomic mass is 10.2. The Labute approximate surface area is 115 Å². The number of hydrogen-bond acceptors (Lipinski definition) is 6. The van der Waals surface area contributed by atoms with Gasteiger partial charge in [0.1, 0.15) is 17.6 Å². The summed E-state index contributed by atoms with van der Waals surface area (Å²) in [7, 11) is 1.68. The molecule has 8 heteroatoms. The van der Waals surface area contributed by atoms with E-state index in [2.05, 4.69) is 4.98 Å². The third kappa shape index (κ3) is 4.16. The largest absolute Gasteiger partial charge is 0.478 e. The van der Waals surface area contributed by atoms with E-state index < -0.39 is 10.9 Å². The zero-order valence-electron chi connectivity index (χ0n) is 11.2. The second-order valence-corrected chi connectivity index (χ2v) is 4.33. The molecule has 0 fully saturated rings. The number of carboxylic acids is 1. The first kappa shape index (κ1) is 15.8. The summed E-state index contributed by atoms with van der Waals surface area (Å²) in [5.41, 5.74) is -0.538. The minimum atomic E-state index is -1.25. The molecule has 0 unspecified atom stereocenters. The molecule has 1 heterocycles. The monoisotopic (exact) mass is 283 g/mol. The van der Waals surface area contributed by atoms with E-state index in [9.17, 15) is 14.9 Å². The normalized spacial score (nSPS) is 10.3. The Hall–Kier alpha value is -2.22. The summed E-state index contributed by atoms with van der Waals surface area (Å²) in [4.78, 5) is 26.6. The Bertz CT molecular complexity index is 492. The van der Waals surface area contributed by atoms with Crippen LogP contribution in [-0.2, 0) is 0 Å². The van der Waals surface area contributed by atoms with Crippen molar-refractivity contribution in [1.29, 1.82) is 0 Å². The van der Waals surface area contributed by atoms with Crippen molar-refractivity contribution in [3.63, 3.8) is 0 Å². The highest BCUT2D eigenvalue weighted by molar-refractivity contribution is 5.94. The lowest BCUT2D eigenvalue weighted by Gasteiger charge is -2.19. The molecule has 0 saturated heterocycles. The molecule has 0 amide bonds. The number of aromatic nitrogens is 1. The molecule has 0 radical (unpaired) electrons. The maximum absolute atomic E-state index is 11.2. The fourth-order valence-corrected chi connectivity index (χ4v) is 1.75. The third-order valence-corrected chi connectivity index (χ3v) is 2.81. The van der Waals surface area contributed by atoms with Crippen LogP contribution in [0.5, 0.6) is 0 Å². The maximum atomic E-state index is 11.2. The van der Waals surface area contributed by atoms with E-state index in [1.807, 2.05) is 0 Å². The summed E-state index contributed by atoms with van der Waals surface area (Å²) >= 11 is 0. The van der Waals surface area contributed by atoms with Gasteiger partial charge < -0.3 is 15.1 Å². The van der Waals surface area contributed by atoms with Crippen LogP contribution < -0.4 is 4.90 Å². The van der Waals surface area contributed by atoms with Gasteiger partial charge in [0.15, 0.2) is 0 Å². The number of hydrogen-bond donors (Lipinski definition) is 2. The first-order chi connectivity index (χ1) is 9.47. The zero-order valence-corrected chi connectivity index (χ0v) is 11.2. The van der Waals surface area contributed by atoms with E-state index in [-0.39, 0.29) is 23.7 Å². The third-order valence-electron chi connectivity index (χ3n) is 2.81. The van der Waals surface area contributed by atoms with Crippen LogP contribution in [-0.4, -0.2) is 46.3 Å². The number of aliphatic hydroxyl groups is 1. The Morgan fingerprint density at radius 1 is 1.45 bits per heavy atom. The summed E-state index contributed by atoms with van der Waals surface area (Å²) in [6, 6.07) is 1.01. The summed E-state index contributed by atoms with van der Waals surface area (Å²) in [5, 5.41) is 28.4. The maximum Gasteiger partial charge on any atom is 0.339 e. The number of carbonyl (C=O) groups is 1. The number of nitrogens with zero attached hydrogens (tertiary/aromatic N) is 3.